The Morgan fingerprint density at radius 3 is 2.61 bits per heavy atom. The van der Waals surface area contributed by atoms with Crippen molar-refractivity contribution in [3.63, 3.8) is 0 Å². The van der Waals surface area contributed by atoms with Gasteiger partial charge in [-0.05, 0) is 43.5 Å². The third kappa shape index (κ3) is 5.17. The summed E-state index contributed by atoms with van der Waals surface area (Å²) < 4.78 is 0. The van der Waals surface area contributed by atoms with E-state index < -0.39 is 12.1 Å². The summed E-state index contributed by atoms with van der Waals surface area (Å²) in [6.07, 6.45) is 1.43. The fraction of sp³-hybridized carbons (Fsp3) is 0.400. The second-order valence-electron chi connectivity index (χ2n) is 8.68. The summed E-state index contributed by atoms with van der Waals surface area (Å²) in [5.41, 5.74) is 2.27. The molecular formula is C25H31N5O3. The lowest BCUT2D eigenvalue weighted by Crippen LogP contribution is -2.44. The zero-order valence-electron chi connectivity index (χ0n) is 19.2. The fourth-order valence-electron chi connectivity index (χ4n) is 4.51. The van der Waals surface area contributed by atoms with E-state index in [0.717, 1.165) is 31.0 Å². The van der Waals surface area contributed by atoms with Crippen molar-refractivity contribution >= 4 is 29.3 Å². The molecule has 174 valence electrons. The van der Waals surface area contributed by atoms with Gasteiger partial charge >= 0.3 is 12.1 Å². The van der Waals surface area contributed by atoms with Gasteiger partial charge in [0.05, 0.1) is 5.69 Å². The Balaban J connectivity index is 1.40. The first-order valence-electron chi connectivity index (χ1n) is 11.5. The highest BCUT2D eigenvalue weighted by Gasteiger charge is 2.38. The molecule has 8 heteroatoms. The van der Waals surface area contributed by atoms with Crippen LogP contribution in [0.3, 0.4) is 0 Å². The average molecular weight is 450 g/mol. The van der Waals surface area contributed by atoms with Gasteiger partial charge < -0.3 is 15.5 Å². The largest absolute Gasteiger partial charge is 0.329 e. The van der Waals surface area contributed by atoms with Crippen LogP contribution in [0.5, 0.6) is 0 Å². The van der Waals surface area contributed by atoms with Gasteiger partial charge in [-0.15, -0.1) is 0 Å². The van der Waals surface area contributed by atoms with Gasteiger partial charge in [-0.25, -0.2) is 14.5 Å². The molecule has 2 atom stereocenters. The SMILES string of the molecule is CC[C@@H]1NC(=O)N(c2cccc(NC(=O)N3CCCN(Cc4ccccc4)C[C@H]3C)c2)C1=O. The molecule has 8 nitrogen and oxygen atoms in total. The van der Waals surface area contributed by atoms with Crippen LogP contribution in [0.4, 0.5) is 21.0 Å². The lowest BCUT2D eigenvalue weighted by atomic mass is 10.2. The van der Waals surface area contributed by atoms with Crippen molar-refractivity contribution in [2.75, 3.05) is 29.9 Å². The third-order valence-corrected chi connectivity index (χ3v) is 6.22. The predicted octanol–water partition coefficient (Wildman–Crippen LogP) is 3.65. The van der Waals surface area contributed by atoms with Crippen molar-refractivity contribution in [3.05, 3.63) is 60.2 Å². The standard InChI is InChI=1S/C25H31N5O3/c1-3-22-23(31)30(25(33)27-22)21-12-7-11-20(15-21)26-24(32)29-14-8-13-28(16-18(29)2)17-19-9-5-4-6-10-19/h4-7,9-12,15,18,22H,3,8,13-14,16-17H2,1-2H3,(H,26,32)(H,27,33)/t18-,22+/m1/s1. The maximum atomic E-state index is 13.1. The minimum Gasteiger partial charge on any atom is -0.325 e. The second-order valence-corrected chi connectivity index (χ2v) is 8.68. The van der Waals surface area contributed by atoms with Gasteiger partial charge in [0.25, 0.3) is 5.91 Å². The number of anilines is 2. The summed E-state index contributed by atoms with van der Waals surface area (Å²) in [5, 5.41) is 5.64. The van der Waals surface area contributed by atoms with Crippen LogP contribution in [0, 0.1) is 0 Å². The topological polar surface area (TPSA) is 85.0 Å². The number of hydrogen-bond donors (Lipinski definition) is 2. The predicted molar refractivity (Wildman–Crippen MR) is 128 cm³/mol. The number of rotatable bonds is 5. The number of nitrogens with one attached hydrogen (secondary N) is 2. The highest BCUT2D eigenvalue weighted by Crippen LogP contribution is 2.24. The van der Waals surface area contributed by atoms with Gasteiger partial charge in [0.2, 0.25) is 0 Å². The first-order chi connectivity index (χ1) is 16.0. The van der Waals surface area contributed by atoms with Crippen LogP contribution < -0.4 is 15.5 Å². The average Bonchev–Trinajstić information content (AvgIpc) is 2.96. The molecule has 2 heterocycles. The lowest BCUT2D eigenvalue weighted by molar-refractivity contribution is -0.118. The van der Waals surface area contributed by atoms with Crippen LogP contribution in [-0.4, -0.2) is 59.5 Å². The first-order valence-corrected chi connectivity index (χ1v) is 11.5. The van der Waals surface area contributed by atoms with Crippen molar-refractivity contribution in [1.82, 2.24) is 15.1 Å². The molecular weight excluding hydrogens is 418 g/mol. The third-order valence-electron chi connectivity index (χ3n) is 6.22. The monoisotopic (exact) mass is 449 g/mol. The first kappa shape index (κ1) is 22.8. The van der Waals surface area contributed by atoms with Crippen LogP contribution in [-0.2, 0) is 11.3 Å². The van der Waals surface area contributed by atoms with E-state index in [1.165, 1.54) is 5.56 Å². The molecule has 2 saturated heterocycles. The number of hydrogen-bond acceptors (Lipinski definition) is 4. The summed E-state index contributed by atoms with van der Waals surface area (Å²) >= 11 is 0. The van der Waals surface area contributed by atoms with E-state index in [2.05, 4.69) is 34.6 Å². The molecule has 0 radical (unpaired) electrons. The van der Waals surface area contributed by atoms with Gasteiger partial charge in [0, 0.05) is 37.9 Å². The summed E-state index contributed by atoms with van der Waals surface area (Å²) in [6.45, 7) is 7.19. The van der Waals surface area contributed by atoms with Crippen molar-refractivity contribution in [2.45, 2.75) is 45.3 Å². The Kier molecular flexibility index (Phi) is 6.93. The molecule has 2 aromatic rings. The molecule has 33 heavy (non-hydrogen) atoms. The van der Waals surface area contributed by atoms with Gasteiger partial charge in [0.1, 0.15) is 6.04 Å². The van der Waals surface area contributed by atoms with Gasteiger partial charge in [-0.3, -0.25) is 9.69 Å². The lowest BCUT2D eigenvalue weighted by Gasteiger charge is -2.29. The maximum Gasteiger partial charge on any atom is 0.329 e. The van der Waals surface area contributed by atoms with E-state index in [9.17, 15) is 14.4 Å². The Morgan fingerprint density at radius 2 is 1.88 bits per heavy atom. The van der Waals surface area contributed by atoms with Crippen LogP contribution in [0.2, 0.25) is 0 Å². The minimum atomic E-state index is -0.507. The number of carbonyl (C=O) groups is 3. The number of imide groups is 1. The van der Waals surface area contributed by atoms with Crippen LogP contribution in [0.25, 0.3) is 0 Å². The number of carbonyl (C=O) groups excluding carboxylic acids is 3. The van der Waals surface area contributed by atoms with Crippen molar-refractivity contribution in [3.8, 4) is 0 Å². The molecule has 2 fully saturated rings. The number of benzene rings is 2. The van der Waals surface area contributed by atoms with Crippen molar-refractivity contribution in [1.29, 1.82) is 0 Å². The van der Waals surface area contributed by atoms with E-state index in [1.807, 2.05) is 30.0 Å². The van der Waals surface area contributed by atoms with Crippen molar-refractivity contribution in [2.24, 2.45) is 0 Å². The maximum absolute atomic E-state index is 13.1. The second kappa shape index (κ2) is 10.0. The van der Waals surface area contributed by atoms with E-state index >= 15 is 0 Å². The van der Waals surface area contributed by atoms with Crippen LogP contribution in [0.15, 0.2) is 54.6 Å². The molecule has 0 aliphatic carbocycles. The smallest absolute Gasteiger partial charge is 0.325 e. The fourth-order valence-corrected chi connectivity index (χ4v) is 4.51. The molecule has 4 rings (SSSR count). The van der Waals surface area contributed by atoms with E-state index in [4.69, 9.17) is 0 Å². The Labute approximate surface area is 194 Å². The molecule has 2 aliphatic rings. The molecule has 0 saturated carbocycles. The Bertz CT molecular complexity index is 1010. The zero-order chi connectivity index (χ0) is 23.4. The highest BCUT2D eigenvalue weighted by molar-refractivity contribution is 6.21. The Morgan fingerprint density at radius 1 is 1.09 bits per heavy atom. The number of nitrogens with zero attached hydrogens (tertiary/aromatic N) is 3. The number of amides is 5. The summed E-state index contributed by atoms with van der Waals surface area (Å²) in [7, 11) is 0. The van der Waals surface area contributed by atoms with E-state index in [1.54, 1.807) is 24.3 Å². The Hall–Kier alpha value is -3.39. The molecule has 0 bridgehead atoms. The minimum absolute atomic E-state index is 0.0515. The van der Waals surface area contributed by atoms with Crippen LogP contribution in [0.1, 0.15) is 32.3 Å². The number of urea groups is 2. The molecule has 2 N–H and O–H groups in total. The molecule has 0 spiro atoms. The van der Waals surface area contributed by atoms with Gasteiger partial charge in [-0.1, -0.05) is 43.3 Å². The molecule has 2 aliphatic heterocycles. The van der Waals surface area contributed by atoms with Gasteiger partial charge in [0.15, 0.2) is 0 Å². The van der Waals surface area contributed by atoms with Crippen LogP contribution >= 0.6 is 0 Å². The molecule has 0 aromatic heterocycles. The molecule has 5 amide bonds. The van der Waals surface area contributed by atoms with E-state index in [0.29, 0.717) is 24.3 Å². The summed E-state index contributed by atoms with van der Waals surface area (Å²) in [4.78, 5) is 43.3. The van der Waals surface area contributed by atoms with E-state index in [-0.39, 0.29) is 18.0 Å². The highest BCUT2D eigenvalue weighted by atomic mass is 16.2. The molecule has 2 aromatic carbocycles. The van der Waals surface area contributed by atoms with Gasteiger partial charge in [-0.2, -0.15) is 0 Å². The van der Waals surface area contributed by atoms with Crippen molar-refractivity contribution < 1.29 is 14.4 Å². The quantitative estimate of drug-likeness (QED) is 0.683. The molecule has 0 unspecified atom stereocenters. The normalized spacial score (nSPS) is 21.6. The summed E-state index contributed by atoms with van der Waals surface area (Å²) in [6, 6.07) is 16.2. The summed E-state index contributed by atoms with van der Waals surface area (Å²) in [5.74, 6) is -0.273. The zero-order valence-corrected chi connectivity index (χ0v) is 19.2.